The molecule has 3 aromatic carbocycles. The van der Waals surface area contributed by atoms with Gasteiger partial charge < -0.3 is 16.0 Å². The van der Waals surface area contributed by atoms with Gasteiger partial charge in [-0.05, 0) is 80.9 Å². The Hall–Kier alpha value is -3.44. The van der Waals surface area contributed by atoms with Crippen molar-refractivity contribution in [2.24, 2.45) is 5.73 Å². The molecule has 5 nitrogen and oxygen atoms in total. The summed E-state index contributed by atoms with van der Waals surface area (Å²) >= 11 is 0. The van der Waals surface area contributed by atoms with Crippen molar-refractivity contribution >= 4 is 11.8 Å². The molecule has 5 heteroatoms. The lowest BCUT2D eigenvalue weighted by molar-refractivity contribution is -0.122. The molecule has 0 aromatic heterocycles. The number of benzene rings is 3. The van der Waals surface area contributed by atoms with Gasteiger partial charge in [-0.1, -0.05) is 84.9 Å². The second kappa shape index (κ2) is 12.2. The quantitative estimate of drug-likeness (QED) is 0.389. The third-order valence-corrected chi connectivity index (χ3v) is 7.76. The monoisotopic (exact) mass is 497 g/mol. The zero-order chi connectivity index (χ0) is 26.3. The summed E-state index contributed by atoms with van der Waals surface area (Å²) in [6.45, 7) is 7.50. The zero-order valence-corrected chi connectivity index (χ0v) is 22.0. The van der Waals surface area contributed by atoms with Crippen LogP contribution < -0.4 is 11.1 Å². The Bertz CT molecular complexity index is 1130. The molecule has 194 valence electrons. The fourth-order valence-corrected chi connectivity index (χ4v) is 5.22. The van der Waals surface area contributed by atoms with Gasteiger partial charge >= 0.3 is 0 Å². The largest absolute Gasteiger partial charge is 0.369 e. The number of amides is 2. The lowest BCUT2D eigenvalue weighted by atomic mass is 9.80. The number of nitrogens with two attached hydrogens (primary N) is 1. The molecule has 1 saturated heterocycles. The van der Waals surface area contributed by atoms with Crippen molar-refractivity contribution in [3.63, 3.8) is 0 Å². The molecule has 3 N–H and O–H groups in total. The number of rotatable bonds is 10. The predicted octanol–water partition coefficient (Wildman–Crippen LogP) is 4.97. The number of primary amides is 1. The summed E-state index contributed by atoms with van der Waals surface area (Å²) in [5, 5.41) is 3.18. The first-order valence-corrected chi connectivity index (χ1v) is 13.4. The summed E-state index contributed by atoms with van der Waals surface area (Å²) in [5.74, 6) is -0.0502. The van der Waals surface area contributed by atoms with Crippen molar-refractivity contribution in [2.45, 2.75) is 50.4 Å². The SMILES string of the molecule is CC(C)(C(N)=O)c1cccc(C2CCN(CCCNC(=O)C(c3ccccc3)c3ccccc3)CC2)c1. The fourth-order valence-electron chi connectivity index (χ4n) is 5.22. The molecular formula is C32H39N3O2. The van der Waals surface area contributed by atoms with E-state index in [0.717, 1.165) is 55.6 Å². The summed E-state index contributed by atoms with van der Waals surface area (Å²) < 4.78 is 0. The minimum atomic E-state index is -0.665. The number of nitrogens with one attached hydrogen (secondary N) is 1. The highest BCUT2D eigenvalue weighted by molar-refractivity contribution is 5.87. The molecule has 0 radical (unpaired) electrons. The maximum atomic E-state index is 13.2. The van der Waals surface area contributed by atoms with E-state index >= 15 is 0 Å². The van der Waals surface area contributed by atoms with Crippen LogP contribution in [-0.4, -0.2) is 42.9 Å². The normalized spacial score (nSPS) is 15.0. The second-order valence-electron chi connectivity index (χ2n) is 10.6. The maximum Gasteiger partial charge on any atom is 0.232 e. The molecule has 0 bridgehead atoms. The Morgan fingerprint density at radius 2 is 1.51 bits per heavy atom. The van der Waals surface area contributed by atoms with E-state index < -0.39 is 5.41 Å². The van der Waals surface area contributed by atoms with E-state index in [-0.39, 0.29) is 17.7 Å². The van der Waals surface area contributed by atoms with Gasteiger partial charge in [0, 0.05) is 6.54 Å². The fraction of sp³-hybridized carbons (Fsp3) is 0.375. The van der Waals surface area contributed by atoms with Crippen LogP contribution in [-0.2, 0) is 15.0 Å². The van der Waals surface area contributed by atoms with Crippen LogP contribution in [0.15, 0.2) is 84.9 Å². The van der Waals surface area contributed by atoms with Crippen molar-refractivity contribution in [2.75, 3.05) is 26.2 Å². The van der Waals surface area contributed by atoms with Crippen LogP contribution >= 0.6 is 0 Å². The summed E-state index contributed by atoms with van der Waals surface area (Å²) in [5.41, 5.74) is 9.27. The maximum absolute atomic E-state index is 13.2. The average molecular weight is 498 g/mol. The third kappa shape index (κ3) is 6.66. The highest BCUT2D eigenvalue weighted by atomic mass is 16.2. The highest BCUT2D eigenvalue weighted by Gasteiger charge is 2.29. The molecule has 0 spiro atoms. The molecule has 37 heavy (non-hydrogen) atoms. The number of hydrogen-bond acceptors (Lipinski definition) is 3. The van der Waals surface area contributed by atoms with E-state index in [1.54, 1.807) is 0 Å². The predicted molar refractivity (Wildman–Crippen MR) is 149 cm³/mol. The Balaban J connectivity index is 1.26. The molecule has 1 aliphatic rings. The molecule has 2 amide bonds. The highest BCUT2D eigenvalue weighted by Crippen LogP contribution is 2.32. The van der Waals surface area contributed by atoms with Crippen LogP contribution in [0.5, 0.6) is 0 Å². The van der Waals surface area contributed by atoms with Gasteiger partial charge in [0.25, 0.3) is 0 Å². The van der Waals surface area contributed by atoms with Crippen molar-refractivity contribution in [3.8, 4) is 0 Å². The molecule has 0 unspecified atom stereocenters. The number of carbonyl (C=O) groups is 2. The van der Waals surface area contributed by atoms with Gasteiger partial charge in [0.15, 0.2) is 0 Å². The number of hydrogen-bond donors (Lipinski definition) is 2. The first kappa shape index (κ1) is 26.6. The molecule has 0 aliphatic carbocycles. The minimum absolute atomic E-state index is 0.0508. The Morgan fingerprint density at radius 3 is 2.08 bits per heavy atom. The van der Waals surface area contributed by atoms with Crippen LogP contribution in [0.4, 0.5) is 0 Å². The van der Waals surface area contributed by atoms with Crippen molar-refractivity contribution < 1.29 is 9.59 Å². The minimum Gasteiger partial charge on any atom is -0.369 e. The van der Waals surface area contributed by atoms with E-state index in [2.05, 4.69) is 22.3 Å². The van der Waals surface area contributed by atoms with Gasteiger partial charge in [-0.2, -0.15) is 0 Å². The number of carbonyl (C=O) groups excluding carboxylic acids is 2. The lowest BCUT2D eigenvalue weighted by Crippen LogP contribution is -2.37. The van der Waals surface area contributed by atoms with E-state index in [4.69, 9.17) is 5.73 Å². The van der Waals surface area contributed by atoms with E-state index in [1.165, 1.54) is 5.56 Å². The Kier molecular flexibility index (Phi) is 8.78. The lowest BCUT2D eigenvalue weighted by Gasteiger charge is -2.33. The topological polar surface area (TPSA) is 75.4 Å². The van der Waals surface area contributed by atoms with Crippen molar-refractivity contribution in [1.82, 2.24) is 10.2 Å². The molecular weight excluding hydrogens is 458 g/mol. The first-order chi connectivity index (χ1) is 17.9. The summed E-state index contributed by atoms with van der Waals surface area (Å²) in [6, 6.07) is 28.3. The van der Waals surface area contributed by atoms with E-state index in [1.807, 2.05) is 86.6 Å². The van der Waals surface area contributed by atoms with Gasteiger partial charge in [-0.25, -0.2) is 0 Å². The van der Waals surface area contributed by atoms with Crippen molar-refractivity contribution in [3.05, 3.63) is 107 Å². The molecule has 1 heterocycles. The molecule has 1 aliphatic heterocycles. The van der Waals surface area contributed by atoms with Crippen LogP contribution in [0.2, 0.25) is 0 Å². The zero-order valence-electron chi connectivity index (χ0n) is 22.0. The van der Waals surface area contributed by atoms with Gasteiger partial charge in [-0.3, -0.25) is 9.59 Å². The van der Waals surface area contributed by atoms with E-state index in [0.29, 0.717) is 12.5 Å². The average Bonchev–Trinajstić information content (AvgIpc) is 2.93. The summed E-state index contributed by atoms with van der Waals surface area (Å²) in [6.07, 6.45) is 3.11. The first-order valence-electron chi connectivity index (χ1n) is 13.4. The van der Waals surface area contributed by atoms with Crippen molar-refractivity contribution in [1.29, 1.82) is 0 Å². The molecule has 1 fully saturated rings. The summed E-state index contributed by atoms with van der Waals surface area (Å²) in [4.78, 5) is 27.6. The second-order valence-corrected chi connectivity index (χ2v) is 10.6. The van der Waals surface area contributed by atoms with Gasteiger partial charge in [0.1, 0.15) is 0 Å². The molecule has 0 atom stereocenters. The van der Waals surface area contributed by atoms with Gasteiger partial charge in [0.2, 0.25) is 11.8 Å². The van der Waals surface area contributed by atoms with E-state index in [9.17, 15) is 9.59 Å². The standard InChI is InChI=1S/C32H39N3O2/c1-32(2,31(33)37)28-16-9-15-27(23-28)24-17-21-35(22-18-24)20-10-19-34-30(36)29(25-11-5-3-6-12-25)26-13-7-4-8-14-26/h3-9,11-16,23-24,29H,10,17-22H2,1-2H3,(H2,33,37)(H,34,36). The third-order valence-electron chi connectivity index (χ3n) is 7.76. The Morgan fingerprint density at radius 1 is 0.919 bits per heavy atom. The number of nitrogens with zero attached hydrogens (tertiary/aromatic N) is 1. The number of piperidine rings is 1. The van der Waals surface area contributed by atoms with Crippen LogP contribution in [0.1, 0.15) is 67.2 Å². The number of likely N-dealkylation sites (tertiary alicyclic amines) is 1. The van der Waals surface area contributed by atoms with Gasteiger partial charge in [0.05, 0.1) is 11.3 Å². The summed E-state index contributed by atoms with van der Waals surface area (Å²) in [7, 11) is 0. The van der Waals surface area contributed by atoms with Crippen LogP contribution in [0.25, 0.3) is 0 Å². The van der Waals surface area contributed by atoms with Crippen LogP contribution in [0, 0.1) is 0 Å². The van der Waals surface area contributed by atoms with Gasteiger partial charge in [-0.15, -0.1) is 0 Å². The van der Waals surface area contributed by atoms with Crippen LogP contribution in [0.3, 0.4) is 0 Å². The molecule has 3 aromatic rings. The molecule has 4 rings (SSSR count). The smallest absolute Gasteiger partial charge is 0.232 e. The Labute approximate surface area is 221 Å². The molecule has 0 saturated carbocycles.